The van der Waals surface area contributed by atoms with Crippen molar-refractivity contribution < 1.29 is 40.6 Å². The van der Waals surface area contributed by atoms with Gasteiger partial charge in [-0.2, -0.15) is 0 Å². The van der Waals surface area contributed by atoms with Crippen LogP contribution in [0.2, 0.25) is 0 Å². The van der Waals surface area contributed by atoms with E-state index in [4.69, 9.17) is 0 Å². The first-order chi connectivity index (χ1) is 11.8. The van der Waals surface area contributed by atoms with E-state index in [2.05, 4.69) is 0 Å². The van der Waals surface area contributed by atoms with Crippen molar-refractivity contribution >= 4 is 29.3 Å². The summed E-state index contributed by atoms with van der Waals surface area (Å²) in [4.78, 5) is -0.185. The van der Waals surface area contributed by atoms with E-state index in [1.54, 1.807) is 30.3 Å². The van der Waals surface area contributed by atoms with Crippen LogP contribution in [-0.4, -0.2) is 13.0 Å². The summed E-state index contributed by atoms with van der Waals surface area (Å²) in [5.41, 5.74) is 0. The van der Waals surface area contributed by atoms with E-state index in [0.717, 1.165) is 10.6 Å². The van der Waals surface area contributed by atoms with Gasteiger partial charge in [-0.15, -0.1) is 0 Å². The minimum absolute atomic E-state index is 0. The molecule has 0 saturated heterocycles. The zero-order valence-electron chi connectivity index (χ0n) is 13.9. The molecule has 0 aliphatic heterocycles. The van der Waals surface area contributed by atoms with E-state index in [1.165, 1.54) is 48.5 Å². The van der Waals surface area contributed by atoms with Gasteiger partial charge in [0.1, 0.15) is 21.8 Å². The molecule has 0 aliphatic rings. The molecule has 3 nitrogen and oxygen atoms in total. The van der Waals surface area contributed by atoms with Gasteiger partial charge >= 0.3 is 18.9 Å². The van der Waals surface area contributed by atoms with Gasteiger partial charge in [0.25, 0.3) is 0 Å². The fourth-order valence-electron chi connectivity index (χ4n) is 1.82. The van der Waals surface area contributed by atoms with Gasteiger partial charge in [-0.3, -0.25) is 0 Å². The van der Waals surface area contributed by atoms with Crippen LogP contribution in [0.3, 0.4) is 0 Å². The SMILES string of the molecule is Fc1ccc(Pc2ccc(F)cc2)cc1.O=S(=O)([O-])c1ccccc1.[Li+]. The molecule has 3 aromatic rings. The zero-order chi connectivity index (χ0) is 18.3. The van der Waals surface area contributed by atoms with Gasteiger partial charge in [-0.25, -0.2) is 17.2 Å². The molecule has 0 fully saturated rings. The molecule has 3 rings (SSSR count). The normalized spacial score (nSPS) is 10.3. The average molecular weight is 386 g/mol. The van der Waals surface area contributed by atoms with Gasteiger partial charge in [-0.1, -0.05) is 51.0 Å². The Morgan fingerprint density at radius 1 is 0.692 bits per heavy atom. The van der Waals surface area contributed by atoms with Crippen molar-refractivity contribution in [1.82, 2.24) is 0 Å². The Bertz CT molecular complexity index is 860. The molecule has 0 radical (unpaired) electrons. The maximum Gasteiger partial charge on any atom is 1.00 e. The second-order valence-electron chi connectivity index (χ2n) is 4.91. The number of halogens is 2. The predicted octanol–water partition coefficient (Wildman–Crippen LogP) is 0.189. The summed E-state index contributed by atoms with van der Waals surface area (Å²) in [6, 6.07) is 19.9. The standard InChI is InChI=1S/C12H9F2P.C6H6O3S.Li/c13-9-1-5-11(6-2-9)15-12-7-3-10(14)4-8-12;7-10(8,9)6-4-2-1-3-5-6;/h1-8,15H;1-5H,(H,7,8,9);/q;;+1/p-1. The molecular weight excluding hydrogens is 372 g/mol. The monoisotopic (exact) mass is 386 g/mol. The quantitative estimate of drug-likeness (QED) is 0.367. The molecule has 26 heavy (non-hydrogen) atoms. The number of benzene rings is 3. The minimum atomic E-state index is -4.25. The second-order valence-corrected chi connectivity index (χ2v) is 7.69. The van der Waals surface area contributed by atoms with Crippen LogP contribution in [0.25, 0.3) is 0 Å². The Labute approximate surface area is 165 Å². The van der Waals surface area contributed by atoms with Gasteiger partial charge in [0.05, 0.1) is 4.90 Å². The number of rotatable bonds is 3. The van der Waals surface area contributed by atoms with Crippen molar-refractivity contribution in [3.63, 3.8) is 0 Å². The molecule has 0 aliphatic carbocycles. The first-order valence-electron chi connectivity index (χ1n) is 7.14. The van der Waals surface area contributed by atoms with Crippen molar-refractivity contribution in [1.29, 1.82) is 0 Å². The number of hydrogen-bond acceptors (Lipinski definition) is 3. The smallest absolute Gasteiger partial charge is 0.744 e. The van der Waals surface area contributed by atoms with Gasteiger partial charge in [0.2, 0.25) is 0 Å². The van der Waals surface area contributed by atoms with Crippen molar-refractivity contribution in [2.24, 2.45) is 0 Å². The summed E-state index contributed by atoms with van der Waals surface area (Å²) in [6.45, 7) is 0. The van der Waals surface area contributed by atoms with E-state index in [0.29, 0.717) is 8.58 Å². The first-order valence-corrected chi connectivity index (χ1v) is 9.54. The molecule has 0 amide bonds. The Morgan fingerprint density at radius 2 is 1.08 bits per heavy atom. The molecule has 0 N–H and O–H groups in total. The summed E-state index contributed by atoms with van der Waals surface area (Å²) in [5, 5.41) is 2.09. The van der Waals surface area contributed by atoms with Crippen LogP contribution in [0.15, 0.2) is 83.8 Å². The maximum atomic E-state index is 12.6. The van der Waals surface area contributed by atoms with E-state index in [9.17, 15) is 21.8 Å². The zero-order valence-corrected chi connectivity index (χ0v) is 15.7. The molecule has 8 heteroatoms. The topological polar surface area (TPSA) is 57.2 Å². The van der Waals surface area contributed by atoms with Gasteiger partial charge < -0.3 is 4.55 Å². The molecule has 3 aromatic carbocycles. The second kappa shape index (κ2) is 10.6. The summed E-state index contributed by atoms with van der Waals surface area (Å²) < 4.78 is 56.1. The fourth-order valence-corrected chi connectivity index (χ4v) is 3.31. The van der Waals surface area contributed by atoms with Crippen molar-refractivity contribution in [3.05, 3.63) is 90.5 Å². The molecule has 0 unspecified atom stereocenters. The third-order valence-corrected chi connectivity index (χ3v) is 5.10. The van der Waals surface area contributed by atoms with Crippen molar-refractivity contribution in [2.75, 3.05) is 0 Å². The molecule has 0 saturated carbocycles. The Morgan fingerprint density at radius 3 is 1.38 bits per heavy atom. The molecule has 0 aromatic heterocycles. The van der Waals surface area contributed by atoms with Crippen molar-refractivity contribution in [3.8, 4) is 0 Å². The third kappa shape index (κ3) is 7.78. The van der Waals surface area contributed by atoms with E-state index >= 15 is 0 Å². The summed E-state index contributed by atoms with van der Waals surface area (Å²) in [5.74, 6) is -0.467. The van der Waals surface area contributed by atoms with Crippen LogP contribution in [-0.2, 0) is 10.1 Å². The number of hydrogen-bond donors (Lipinski definition) is 0. The molecule has 0 heterocycles. The summed E-state index contributed by atoms with van der Waals surface area (Å²) in [7, 11) is -3.82. The van der Waals surface area contributed by atoms with Crippen LogP contribution in [0.5, 0.6) is 0 Å². The van der Waals surface area contributed by atoms with Gasteiger partial charge in [0.15, 0.2) is 0 Å². The van der Waals surface area contributed by atoms with Gasteiger partial charge in [0, 0.05) is 0 Å². The minimum Gasteiger partial charge on any atom is -0.744 e. The summed E-state index contributed by atoms with van der Waals surface area (Å²) in [6.07, 6.45) is 0. The van der Waals surface area contributed by atoms with Crippen LogP contribution in [0.4, 0.5) is 8.78 Å². The molecule has 0 atom stereocenters. The average Bonchev–Trinajstić information content (AvgIpc) is 2.60. The molecule has 0 spiro atoms. The first kappa shape index (κ1) is 22.5. The fraction of sp³-hybridized carbons (Fsp3) is 0. The molecule has 130 valence electrons. The van der Waals surface area contributed by atoms with E-state index < -0.39 is 10.1 Å². The van der Waals surface area contributed by atoms with Crippen LogP contribution in [0.1, 0.15) is 0 Å². The molecular formula is C18H14F2LiO3PS. The van der Waals surface area contributed by atoms with Gasteiger partial charge in [-0.05, 0) is 47.0 Å². The maximum absolute atomic E-state index is 12.6. The van der Waals surface area contributed by atoms with Crippen LogP contribution < -0.4 is 29.5 Å². The third-order valence-electron chi connectivity index (χ3n) is 3.01. The summed E-state index contributed by atoms with van der Waals surface area (Å²) >= 11 is 0. The predicted molar refractivity (Wildman–Crippen MR) is 94.8 cm³/mol. The van der Waals surface area contributed by atoms with Crippen molar-refractivity contribution in [2.45, 2.75) is 4.90 Å². The molecule has 0 bridgehead atoms. The Balaban J connectivity index is 0.000000270. The van der Waals surface area contributed by atoms with E-state index in [-0.39, 0.29) is 35.4 Å². The van der Waals surface area contributed by atoms with Crippen LogP contribution in [0, 0.1) is 11.6 Å². The van der Waals surface area contributed by atoms with E-state index in [1.807, 2.05) is 0 Å². The van der Waals surface area contributed by atoms with Crippen LogP contribution >= 0.6 is 8.58 Å². The Hall–Kier alpha value is -1.54. The largest absolute Gasteiger partial charge is 1.00 e. The Kier molecular flexibility index (Phi) is 9.15.